The Hall–Kier alpha value is -0.640. The van der Waals surface area contributed by atoms with Gasteiger partial charge in [-0.2, -0.15) is 17.7 Å². The zero-order chi connectivity index (χ0) is 10.4. The first-order valence-corrected chi connectivity index (χ1v) is 5.69. The van der Waals surface area contributed by atoms with E-state index in [1.54, 1.807) is 6.20 Å². The third-order valence-corrected chi connectivity index (χ3v) is 2.77. The largest absolute Gasteiger partial charge is 0.490 e. The Morgan fingerprint density at radius 1 is 1.57 bits per heavy atom. The predicted octanol–water partition coefficient (Wildman–Crippen LogP) is 2.24. The molecule has 0 aliphatic rings. The number of aryl methyl sites for hydroxylation is 1. The molecular formula is C10H18N2OS. The standard InChI is InChI=1S/C10H18N2OS/c1-3-9(8-14)7-13-10-5-11-12(4-2)6-10/h5-6,9,14H,3-4,7-8H2,1-2H3. The van der Waals surface area contributed by atoms with Crippen LogP contribution in [0.25, 0.3) is 0 Å². The summed E-state index contributed by atoms with van der Waals surface area (Å²) >= 11 is 4.26. The molecule has 0 amide bonds. The van der Waals surface area contributed by atoms with Crippen LogP contribution in [0.2, 0.25) is 0 Å². The number of thiol groups is 1. The van der Waals surface area contributed by atoms with E-state index in [-0.39, 0.29) is 0 Å². The molecule has 0 spiro atoms. The summed E-state index contributed by atoms with van der Waals surface area (Å²) in [5, 5.41) is 4.14. The predicted molar refractivity (Wildman–Crippen MR) is 61.0 cm³/mol. The van der Waals surface area contributed by atoms with E-state index in [4.69, 9.17) is 4.74 Å². The van der Waals surface area contributed by atoms with Gasteiger partial charge in [0, 0.05) is 12.5 Å². The number of aromatic nitrogens is 2. The number of nitrogens with zero attached hydrogens (tertiary/aromatic N) is 2. The molecule has 0 aliphatic heterocycles. The normalized spacial score (nSPS) is 12.8. The van der Waals surface area contributed by atoms with Crippen LogP contribution in [0.4, 0.5) is 0 Å². The Kier molecular flexibility index (Phi) is 4.87. The average molecular weight is 214 g/mol. The van der Waals surface area contributed by atoms with Crippen LogP contribution in [0, 0.1) is 5.92 Å². The van der Waals surface area contributed by atoms with Gasteiger partial charge in [-0.25, -0.2) is 0 Å². The van der Waals surface area contributed by atoms with Crippen molar-refractivity contribution in [3.63, 3.8) is 0 Å². The van der Waals surface area contributed by atoms with Crippen LogP contribution in [0.15, 0.2) is 12.4 Å². The van der Waals surface area contributed by atoms with E-state index < -0.39 is 0 Å². The Balaban J connectivity index is 2.37. The second-order valence-corrected chi connectivity index (χ2v) is 3.66. The quantitative estimate of drug-likeness (QED) is 0.735. The van der Waals surface area contributed by atoms with Crippen LogP contribution in [0.5, 0.6) is 5.75 Å². The molecule has 3 nitrogen and oxygen atoms in total. The van der Waals surface area contributed by atoms with Crippen molar-refractivity contribution in [1.82, 2.24) is 9.78 Å². The van der Waals surface area contributed by atoms with E-state index in [1.165, 1.54) is 0 Å². The SMILES string of the molecule is CCC(CS)COc1cnn(CC)c1. The van der Waals surface area contributed by atoms with Crippen molar-refractivity contribution in [2.75, 3.05) is 12.4 Å². The minimum atomic E-state index is 0.531. The number of ether oxygens (including phenoxy) is 1. The molecule has 1 rings (SSSR count). The van der Waals surface area contributed by atoms with Gasteiger partial charge in [-0.1, -0.05) is 6.92 Å². The van der Waals surface area contributed by atoms with Crippen LogP contribution in [-0.4, -0.2) is 22.1 Å². The van der Waals surface area contributed by atoms with E-state index in [0.717, 1.165) is 31.1 Å². The van der Waals surface area contributed by atoms with Gasteiger partial charge in [-0.05, 0) is 19.1 Å². The second-order valence-electron chi connectivity index (χ2n) is 3.30. The first-order chi connectivity index (χ1) is 6.80. The summed E-state index contributed by atoms with van der Waals surface area (Å²) < 4.78 is 7.46. The molecule has 0 bridgehead atoms. The third kappa shape index (κ3) is 3.25. The van der Waals surface area contributed by atoms with Gasteiger partial charge >= 0.3 is 0 Å². The Morgan fingerprint density at radius 3 is 2.86 bits per heavy atom. The second kappa shape index (κ2) is 5.96. The molecule has 0 saturated heterocycles. The monoisotopic (exact) mass is 214 g/mol. The lowest BCUT2D eigenvalue weighted by Crippen LogP contribution is -2.12. The minimum Gasteiger partial charge on any atom is -0.490 e. The molecule has 80 valence electrons. The van der Waals surface area contributed by atoms with Crippen LogP contribution in [0.1, 0.15) is 20.3 Å². The zero-order valence-electron chi connectivity index (χ0n) is 8.81. The number of rotatable bonds is 6. The smallest absolute Gasteiger partial charge is 0.157 e. The highest BCUT2D eigenvalue weighted by atomic mass is 32.1. The Bertz CT molecular complexity index is 258. The lowest BCUT2D eigenvalue weighted by atomic mass is 10.1. The van der Waals surface area contributed by atoms with Crippen molar-refractivity contribution in [2.45, 2.75) is 26.8 Å². The van der Waals surface area contributed by atoms with Gasteiger partial charge in [-0.3, -0.25) is 4.68 Å². The van der Waals surface area contributed by atoms with E-state index in [1.807, 2.05) is 10.9 Å². The molecule has 4 heteroatoms. The molecule has 0 radical (unpaired) electrons. The molecule has 1 unspecified atom stereocenters. The summed E-state index contributed by atoms with van der Waals surface area (Å²) in [5.41, 5.74) is 0. The zero-order valence-corrected chi connectivity index (χ0v) is 9.70. The molecule has 1 aromatic heterocycles. The summed E-state index contributed by atoms with van der Waals surface area (Å²) in [6.45, 7) is 5.82. The average Bonchev–Trinajstić information content (AvgIpc) is 2.67. The summed E-state index contributed by atoms with van der Waals surface area (Å²) in [6.07, 6.45) is 4.78. The molecule has 1 aromatic rings. The van der Waals surface area contributed by atoms with Crippen LogP contribution in [-0.2, 0) is 6.54 Å². The number of hydrogen-bond acceptors (Lipinski definition) is 3. The highest BCUT2D eigenvalue weighted by molar-refractivity contribution is 7.80. The molecule has 0 N–H and O–H groups in total. The lowest BCUT2D eigenvalue weighted by Gasteiger charge is -2.11. The summed E-state index contributed by atoms with van der Waals surface area (Å²) in [5.74, 6) is 2.26. The highest BCUT2D eigenvalue weighted by Gasteiger charge is 2.05. The fraction of sp³-hybridized carbons (Fsp3) is 0.700. The first-order valence-electron chi connectivity index (χ1n) is 5.06. The van der Waals surface area contributed by atoms with Gasteiger partial charge in [0.1, 0.15) is 0 Å². The van der Waals surface area contributed by atoms with Crippen molar-refractivity contribution in [1.29, 1.82) is 0 Å². The van der Waals surface area contributed by atoms with E-state index in [0.29, 0.717) is 5.92 Å². The van der Waals surface area contributed by atoms with Gasteiger partial charge < -0.3 is 4.74 Å². The maximum absolute atomic E-state index is 5.60. The molecule has 0 aromatic carbocycles. The molecule has 1 heterocycles. The first kappa shape index (κ1) is 11.4. The number of hydrogen-bond donors (Lipinski definition) is 1. The van der Waals surface area contributed by atoms with Crippen molar-refractivity contribution in [3.05, 3.63) is 12.4 Å². The molecule has 0 saturated carbocycles. The summed E-state index contributed by atoms with van der Waals surface area (Å²) in [4.78, 5) is 0. The van der Waals surface area contributed by atoms with Crippen LogP contribution >= 0.6 is 12.6 Å². The Labute approximate surface area is 90.9 Å². The van der Waals surface area contributed by atoms with Gasteiger partial charge in [0.25, 0.3) is 0 Å². The maximum Gasteiger partial charge on any atom is 0.157 e. The fourth-order valence-corrected chi connectivity index (χ4v) is 1.47. The van der Waals surface area contributed by atoms with E-state index in [9.17, 15) is 0 Å². The highest BCUT2D eigenvalue weighted by Crippen LogP contribution is 2.12. The summed E-state index contributed by atoms with van der Waals surface area (Å²) in [6, 6.07) is 0. The van der Waals surface area contributed by atoms with Gasteiger partial charge in [0.2, 0.25) is 0 Å². The van der Waals surface area contributed by atoms with Crippen molar-refractivity contribution < 1.29 is 4.74 Å². The molecule has 0 fully saturated rings. The van der Waals surface area contributed by atoms with E-state index >= 15 is 0 Å². The maximum atomic E-state index is 5.60. The van der Waals surface area contributed by atoms with Gasteiger partial charge in [0.15, 0.2) is 5.75 Å². The Morgan fingerprint density at radius 2 is 2.36 bits per heavy atom. The summed E-state index contributed by atoms with van der Waals surface area (Å²) in [7, 11) is 0. The van der Waals surface area contributed by atoms with Crippen molar-refractivity contribution >= 4 is 12.6 Å². The van der Waals surface area contributed by atoms with E-state index in [2.05, 4.69) is 31.6 Å². The molecular weight excluding hydrogens is 196 g/mol. The van der Waals surface area contributed by atoms with Crippen molar-refractivity contribution in [3.8, 4) is 5.75 Å². The lowest BCUT2D eigenvalue weighted by molar-refractivity contribution is 0.259. The topological polar surface area (TPSA) is 27.1 Å². The van der Waals surface area contributed by atoms with Gasteiger partial charge in [-0.15, -0.1) is 0 Å². The van der Waals surface area contributed by atoms with Gasteiger partial charge in [0.05, 0.1) is 19.0 Å². The van der Waals surface area contributed by atoms with Crippen molar-refractivity contribution in [2.24, 2.45) is 5.92 Å². The fourth-order valence-electron chi connectivity index (χ4n) is 1.11. The molecule has 14 heavy (non-hydrogen) atoms. The molecule has 1 atom stereocenters. The van der Waals surface area contributed by atoms with Crippen LogP contribution in [0.3, 0.4) is 0 Å². The third-order valence-electron chi connectivity index (χ3n) is 2.25. The van der Waals surface area contributed by atoms with Crippen LogP contribution < -0.4 is 4.74 Å². The molecule has 0 aliphatic carbocycles. The minimum absolute atomic E-state index is 0.531.